The maximum atomic E-state index is 13.1. The number of carbonyl (C=O) groups excluding carboxylic acids is 2. The molecule has 2 saturated heterocycles. The van der Waals surface area contributed by atoms with Crippen LogP contribution in [0.1, 0.15) is 58.2 Å². The number of hydrazone groups is 1. The van der Waals surface area contributed by atoms with Gasteiger partial charge in [0.25, 0.3) is 5.91 Å². The Kier molecular flexibility index (Phi) is 5.92. The first-order chi connectivity index (χ1) is 15.2. The molecule has 0 aromatic carbocycles. The third kappa shape index (κ3) is 5.13. The van der Waals surface area contributed by atoms with Gasteiger partial charge in [0.1, 0.15) is 11.5 Å². The minimum atomic E-state index is -3.21. The van der Waals surface area contributed by atoms with Gasteiger partial charge in [-0.3, -0.25) is 9.59 Å². The number of amides is 2. The standard InChI is InChI=1S/C20H29N5O6S2/c1-20(2,3)16-10-17(24(23-16)13-6-8-32(28,29)11-13)21-19(27)15-4-5-18(26)25(22-15)14-7-9-33(30,31)12-14/h10,13-14H,4-9,11-12H2,1-3H3,(H,21,27). The van der Waals surface area contributed by atoms with Gasteiger partial charge in [0.05, 0.1) is 40.8 Å². The molecule has 2 unspecified atom stereocenters. The fourth-order valence-corrected chi connectivity index (χ4v) is 7.66. The smallest absolute Gasteiger partial charge is 0.273 e. The van der Waals surface area contributed by atoms with E-state index in [1.807, 2.05) is 20.8 Å². The molecule has 0 saturated carbocycles. The van der Waals surface area contributed by atoms with E-state index in [1.165, 1.54) is 0 Å². The lowest BCUT2D eigenvalue weighted by molar-refractivity contribution is -0.133. The van der Waals surface area contributed by atoms with Gasteiger partial charge in [0, 0.05) is 24.3 Å². The third-order valence-corrected chi connectivity index (χ3v) is 9.68. The molecule has 0 spiro atoms. The Bertz CT molecular complexity index is 1230. The fraction of sp³-hybridized carbons (Fsp3) is 0.700. The summed E-state index contributed by atoms with van der Waals surface area (Å²) in [5.41, 5.74) is 0.519. The van der Waals surface area contributed by atoms with Crippen LogP contribution in [0.2, 0.25) is 0 Å². The van der Waals surface area contributed by atoms with Gasteiger partial charge in [0.2, 0.25) is 5.91 Å². The minimum absolute atomic E-state index is 0.00242. The van der Waals surface area contributed by atoms with Gasteiger partial charge >= 0.3 is 0 Å². The maximum absolute atomic E-state index is 13.1. The molecular formula is C20H29N5O6S2. The maximum Gasteiger partial charge on any atom is 0.273 e. The summed E-state index contributed by atoms with van der Waals surface area (Å²) in [7, 11) is -6.37. The largest absolute Gasteiger partial charge is 0.306 e. The zero-order valence-corrected chi connectivity index (χ0v) is 20.6. The first-order valence-electron chi connectivity index (χ1n) is 11.0. The predicted molar refractivity (Wildman–Crippen MR) is 122 cm³/mol. The molecule has 1 aromatic rings. The number of carbonyl (C=O) groups is 2. The van der Waals surface area contributed by atoms with E-state index in [0.717, 1.165) is 5.01 Å². The number of nitrogens with zero attached hydrogens (tertiary/aromatic N) is 4. The molecule has 0 bridgehead atoms. The van der Waals surface area contributed by atoms with E-state index in [1.54, 1.807) is 10.7 Å². The molecule has 3 aliphatic heterocycles. The van der Waals surface area contributed by atoms with Crippen molar-refractivity contribution in [1.29, 1.82) is 0 Å². The summed E-state index contributed by atoms with van der Waals surface area (Å²) < 4.78 is 49.2. The number of rotatable bonds is 4. The van der Waals surface area contributed by atoms with E-state index in [0.29, 0.717) is 24.4 Å². The zero-order chi connectivity index (χ0) is 24.2. The van der Waals surface area contributed by atoms with Crippen molar-refractivity contribution < 1.29 is 26.4 Å². The first-order valence-corrected chi connectivity index (χ1v) is 14.6. The minimum Gasteiger partial charge on any atom is -0.306 e. The Morgan fingerprint density at radius 2 is 1.64 bits per heavy atom. The van der Waals surface area contributed by atoms with Crippen molar-refractivity contribution in [1.82, 2.24) is 14.8 Å². The van der Waals surface area contributed by atoms with Crippen LogP contribution in [0.5, 0.6) is 0 Å². The molecule has 4 rings (SSSR count). The van der Waals surface area contributed by atoms with Gasteiger partial charge in [-0.05, 0) is 12.8 Å². The van der Waals surface area contributed by atoms with Crippen molar-refractivity contribution in [3.63, 3.8) is 0 Å². The summed E-state index contributed by atoms with van der Waals surface area (Å²) in [4.78, 5) is 25.4. The van der Waals surface area contributed by atoms with Crippen LogP contribution in [0.4, 0.5) is 5.82 Å². The second kappa shape index (κ2) is 8.19. The van der Waals surface area contributed by atoms with Crippen LogP contribution >= 0.6 is 0 Å². The quantitative estimate of drug-likeness (QED) is 0.639. The summed E-state index contributed by atoms with van der Waals surface area (Å²) in [6, 6.07) is 0.794. The fourth-order valence-electron chi connectivity index (χ4n) is 4.28. The molecule has 2 atom stereocenters. The van der Waals surface area contributed by atoms with Crippen LogP contribution in [-0.4, -0.2) is 78.2 Å². The van der Waals surface area contributed by atoms with Crippen LogP contribution in [0.15, 0.2) is 11.2 Å². The summed E-state index contributed by atoms with van der Waals surface area (Å²) in [5.74, 6) is -0.570. The molecule has 33 heavy (non-hydrogen) atoms. The van der Waals surface area contributed by atoms with E-state index in [-0.39, 0.29) is 58.9 Å². The number of nitrogens with one attached hydrogen (secondary N) is 1. The molecule has 182 valence electrons. The SMILES string of the molecule is CC(C)(C)c1cc(NC(=O)C2=NN(C3CCS(=O)(=O)C3)C(=O)CC2)n(C2CCS(=O)(=O)C2)n1. The average molecular weight is 500 g/mol. The Labute approximate surface area is 193 Å². The summed E-state index contributed by atoms with van der Waals surface area (Å²) in [5, 5.41) is 12.8. The Morgan fingerprint density at radius 1 is 1.03 bits per heavy atom. The number of anilines is 1. The molecule has 0 aliphatic carbocycles. The van der Waals surface area contributed by atoms with Crippen LogP contribution in [0.3, 0.4) is 0 Å². The Morgan fingerprint density at radius 3 is 2.18 bits per heavy atom. The van der Waals surface area contributed by atoms with Crippen molar-refractivity contribution in [3.05, 3.63) is 11.8 Å². The molecule has 13 heteroatoms. The van der Waals surface area contributed by atoms with Crippen LogP contribution in [0.25, 0.3) is 0 Å². The lowest BCUT2D eigenvalue weighted by Gasteiger charge is -2.27. The number of hydrogen-bond acceptors (Lipinski definition) is 8. The van der Waals surface area contributed by atoms with Crippen molar-refractivity contribution in [2.24, 2.45) is 5.10 Å². The van der Waals surface area contributed by atoms with E-state index >= 15 is 0 Å². The highest BCUT2D eigenvalue weighted by molar-refractivity contribution is 7.91. The van der Waals surface area contributed by atoms with Gasteiger partial charge < -0.3 is 5.32 Å². The first kappa shape index (κ1) is 23.9. The molecule has 2 amide bonds. The lowest BCUT2D eigenvalue weighted by Crippen LogP contribution is -2.42. The summed E-state index contributed by atoms with van der Waals surface area (Å²) >= 11 is 0. The van der Waals surface area contributed by atoms with E-state index in [9.17, 15) is 26.4 Å². The van der Waals surface area contributed by atoms with Gasteiger partial charge in [-0.2, -0.15) is 10.2 Å². The molecule has 2 fully saturated rings. The predicted octanol–water partition coefficient (Wildman–Crippen LogP) is 0.644. The summed E-state index contributed by atoms with van der Waals surface area (Å²) in [6.07, 6.45) is 0.912. The molecular weight excluding hydrogens is 470 g/mol. The molecule has 3 aliphatic rings. The second-order valence-corrected chi connectivity index (χ2v) is 14.4. The number of hydrogen-bond donors (Lipinski definition) is 1. The monoisotopic (exact) mass is 499 g/mol. The van der Waals surface area contributed by atoms with Crippen LogP contribution < -0.4 is 5.32 Å². The van der Waals surface area contributed by atoms with Gasteiger partial charge in [0.15, 0.2) is 19.7 Å². The molecule has 1 aromatic heterocycles. The zero-order valence-electron chi connectivity index (χ0n) is 18.9. The number of sulfone groups is 2. The van der Waals surface area contributed by atoms with E-state index in [2.05, 4.69) is 15.5 Å². The highest BCUT2D eigenvalue weighted by atomic mass is 32.2. The summed E-state index contributed by atoms with van der Waals surface area (Å²) in [6.45, 7) is 5.92. The molecule has 1 N–H and O–H groups in total. The van der Waals surface area contributed by atoms with E-state index < -0.39 is 31.6 Å². The Balaban J connectivity index is 1.59. The lowest BCUT2D eigenvalue weighted by atomic mass is 9.92. The van der Waals surface area contributed by atoms with Gasteiger partial charge in [-0.1, -0.05) is 20.8 Å². The third-order valence-electron chi connectivity index (χ3n) is 6.18. The van der Waals surface area contributed by atoms with Crippen LogP contribution in [0, 0.1) is 0 Å². The normalized spacial score (nSPS) is 26.9. The topological polar surface area (TPSA) is 148 Å². The molecule has 11 nitrogen and oxygen atoms in total. The number of aromatic nitrogens is 2. The van der Waals surface area contributed by atoms with Crippen molar-refractivity contribution in [3.8, 4) is 0 Å². The highest BCUT2D eigenvalue weighted by Crippen LogP contribution is 2.31. The van der Waals surface area contributed by atoms with Crippen LogP contribution in [-0.2, 0) is 34.7 Å². The Hall–Kier alpha value is -2.28. The molecule has 0 radical (unpaired) electrons. The van der Waals surface area contributed by atoms with E-state index in [4.69, 9.17) is 0 Å². The van der Waals surface area contributed by atoms with Gasteiger partial charge in [-0.25, -0.2) is 26.5 Å². The molecule has 4 heterocycles. The van der Waals surface area contributed by atoms with Gasteiger partial charge in [-0.15, -0.1) is 0 Å². The second-order valence-electron chi connectivity index (χ2n) is 9.96. The van der Waals surface area contributed by atoms with Crippen molar-refractivity contribution in [2.75, 3.05) is 28.3 Å². The van der Waals surface area contributed by atoms with Crippen molar-refractivity contribution >= 4 is 43.0 Å². The average Bonchev–Trinajstić information content (AvgIpc) is 3.38. The highest BCUT2D eigenvalue weighted by Gasteiger charge is 2.38. The van der Waals surface area contributed by atoms with Crippen molar-refractivity contribution in [2.45, 2.75) is 64.0 Å².